The minimum atomic E-state index is -0.689. The largest absolute Gasteiger partial charge is 0.381 e. The first-order chi connectivity index (χ1) is 19.8. The Morgan fingerprint density at radius 2 is 1.95 bits per heavy atom. The summed E-state index contributed by atoms with van der Waals surface area (Å²) in [6.07, 6.45) is 1.67. The standard InChI is InChI=1S/C29H27N9O2S/c1-5-16-31-27-24(25(30)36-37(27)4)28(39)32-17(2)26-33-21-13-9-10-19(14-15-22-35-34-18(3)41-22)23(21)29(40)38(26)20-11-7-6-8-12-20/h5-13,17,31H,1,16H2,2-4H3,(H2,30,36)(H,32,39). The van der Waals surface area contributed by atoms with E-state index in [1.165, 1.54) is 20.6 Å². The van der Waals surface area contributed by atoms with Crippen LogP contribution in [0.25, 0.3) is 16.6 Å². The molecule has 0 fully saturated rings. The highest BCUT2D eigenvalue weighted by molar-refractivity contribution is 7.11. The number of carbonyl (C=O) groups is 1. The highest BCUT2D eigenvalue weighted by Crippen LogP contribution is 2.24. The number of nitrogen functional groups attached to an aromatic ring is 1. The summed E-state index contributed by atoms with van der Waals surface area (Å²) in [6.45, 7) is 7.73. The Kier molecular flexibility index (Phi) is 7.62. The molecule has 0 saturated carbocycles. The van der Waals surface area contributed by atoms with Crippen LogP contribution in [0.4, 0.5) is 11.6 Å². The van der Waals surface area contributed by atoms with Crippen molar-refractivity contribution in [3.63, 3.8) is 0 Å². The lowest BCUT2D eigenvalue weighted by atomic mass is 10.1. The van der Waals surface area contributed by atoms with Gasteiger partial charge in [-0.2, -0.15) is 5.10 Å². The molecule has 0 radical (unpaired) electrons. The lowest BCUT2D eigenvalue weighted by Gasteiger charge is -2.20. The van der Waals surface area contributed by atoms with E-state index in [-0.39, 0.29) is 16.9 Å². The third kappa shape index (κ3) is 5.43. The van der Waals surface area contributed by atoms with Gasteiger partial charge in [0.15, 0.2) is 10.8 Å². The van der Waals surface area contributed by atoms with Crippen LogP contribution in [0.2, 0.25) is 0 Å². The predicted molar refractivity (Wildman–Crippen MR) is 160 cm³/mol. The Morgan fingerprint density at radius 1 is 1.17 bits per heavy atom. The number of nitrogens with two attached hydrogens (primary N) is 1. The zero-order chi connectivity index (χ0) is 29.1. The van der Waals surface area contributed by atoms with E-state index in [0.29, 0.717) is 45.3 Å². The average molecular weight is 566 g/mol. The number of aryl methyl sites for hydroxylation is 2. The van der Waals surface area contributed by atoms with Crippen molar-refractivity contribution in [2.24, 2.45) is 7.05 Å². The molecule has 12 heteroatoms. The quantitative estimate of drug-likeness (QED) is 0.201. The van der Waals surface area contributed by atoms with Crippen LogP contribution in [0, 0.1) is 18.8 Å². The smallest absolute Gasteiger partial charge is 0.267 e. The van der Waals surface area contributed by atoms with E-state index >= 15 is 0 Å². The highest BCUT2D eigenvalue weighted by atomic mass is 32.1. The fourth-order valence-corrected chi connectivity index (χ4v) is 4.96. The zero-order valence-corrected chi connectivity index (χ0v) is 23.5. The molecule has 11 nitrogen and oxygen atoms in total. The van der Waals surface area contributed by atoms with Crippen molar-refractivity contribution in [3.05, 3.63) is 98.5 Å². The molecule has 2 aromatic carbocycles. The SMILES string of the molecule is C=CCNc1c(C(=O)NC(C)c2nc3cccc(C#Cc4nnc(C)s4)c3c(=O)n2-c2ccccc2)c(N)nn1C. The van der Waals surface area contributed by atoms with Gasteiger partial charge < -0.3 is 16.4 Å². The van der Waals surface area contributed by atoms with E-state index in [9.17, 15) is 9.59 Å². The molecular formula is C29H27N9O2S. The molecule has 0 spiro atoms. The van der Waals surface area contributed by atoms with Gasteiger partial charge in [0.05, 0.1) is 22.6 Å². The molecule has 3 heterocycles. The van der Waals surface area contributed by atoms with Crippen molar-refractivity contribution >= 4 is 39.8 Å². The maximum atomic E-state index is 14.1. The van der Waals surface area contributed by atoms with Crippen molar-refractivity contribution in [3.8, 4) is 17.5 Å². The van der Waals surface area contributed by atoms with Crippen LogP contribution in [-0.2, 0) is 7.05 Å². The molecule has 0 aliphatic rings. The van der Waals surface area contributed by atoms with Crippen LogP contribution in [-0.4, -0.2) is 42.0 Å². The molecular weight excluding hydrogens is 538 g/mol. The normalized spacial score (nSPS) is 11.5. The van der Waals surface area contributed by atoms with Gasteiger partial charge in [-0.3, -0.25) is 18.8 Å². The average Bonchev–Trinajstić information content (AvgIpc) is 3.51. The van der Waals surface area contributed by atoms with Gasteiger partial charge in [-0.1, -0.05) is 47.6 Å². The van der Waals surface area contributed by atoms with Crippen LogP contribution in [0.5, 0.6) is 0 Å². The second-order valence-corrected chi connectivity index (χ2v) is 10.3. The summed E-state index contributed by atoms with van der Waals surface area (Å²) in [4.78, 5) is 32.5. The number of fused-ring (bicyclic) bond motifs is 1. The number of aromatic nitrogens is 6. The number of carbonyl (C=O) groups excluding carboxylic acids is 1. The lowest BCUT2D eigenvalue weighted by Crippen LogP contribution is -2.34. The van der Waals surface area contributed by atoms with Gasteiger partial charge in [-0.05, 0) is 44.0 Å². The molecule has 0 saturated heterocycles. The Morgan fingerprint density at radius 3 is 2.66 bits per heavy atom. The maximum Gasteiger partial charge on any atom is 0.267 e. The fraction of sp³-hybridized carbons (Fsp3) is 0.172. The first-order valence-corrected chi connectivity index (χ1v) is 13.5. The molecule has 5 rings (SSSR count). The number of para-hydroxylation sites is 1. The van der Waals surface area contributed by atoms with Gasteiger partial charge >= 0.3 is 0 Å². The first-order valence-electron chi connectivity index (χ1n) is 12.7. The Labute approximate surface area is 239 Å². The van der Waals surface area contributed by atoms with Gasteiger partial charge in [0.2, 0.25) is 0 Å². The van der Waals surface area contributed by atoms with E-state index in [0.717, 1.165) is 5.01 Å². The van der Waals surface area contributed by atoms with E-state index in [2.05, 4.69) is 44.3 Å². The van der Waals surface area contributed by atoms with Crippen LogP contribution in [0.15, 0.2) is 66.0 Å². The van der Waals surface area contributed by atoms with E-state index in [1.807, 2.05) is 37.3 Å². The molecule has 0 bridgehead atoms. The number of nitrogens with one attached hydrogen (secondary N) is 2. The minimum absolute atomic E-state index is 0.0736. The van der Waals surface area contributed by atoms with Crippen molar-refractivity contribution in [1.82, 2.24) is 34.8 Å². The molecule has 1 amide bonds. The summed E-state index contributed by atoms with van der Waals surface area (Å²) in [5.41, 5.74) is 7.53. The highest BCUT2D eigenvalue weighted by Gasteiger charge is 2.25. The van der Waals surface area contributed by atoms with Gasteiger partial charge in [-0.25, -0.2) is 4.98 Å². The lowest BCUT2D eigenvalue weighted by molar-refractivity contribution is 0.0939. The Balaban J connectivity index is 1.62. The first kappa shape index (κ1) is 27.3. The van der Waals surface area contributed by atoms with E-state index in [4.69, 9.17) is 10.7 Å². The number of benzene rings is 2. The molecule has 3 aromatic heterocycles. The number of hydrogen-bond acceptors (Lipinski definition) is 9. The van der Waals surface area contributed by atoms with Crippen molar-refractivity contribution in [1.29, 1.82) is 0 Å². The summed E-state index contributed by atoms with van der Waals surface area (Å²) in [5, 5.41) is 20.0. The van der Waals surface area contributed by atoms with Crippen LogP contribution < -0.4 is 21.9 Å². The summed E-state index contributed by atoms with van der Waals surface area (Å²) in [5.74, 6) is 6.47. The fourth-order valence-electron chi connectivity index (χ4n) is 4.41. The van der Waals surface area contributed by atoms with Crippen molar-refractivity contribution in [2.75, 3.05) is 17.6 Å². The summed E-state index contributed by atoms with van der Waals surface area (Å²) in [6, 6.07) is 13.8. The molecule has 5 aromatic rings. The summed E-state index contributed by atoms with van der Waals surface area (Å²) < 4.78 is 3.00. The van der Waals surface area contributed by atoms with E-state index in [1.54, 1.807) is 38.2 Å². The zero-order valence-electron chi connectivity index (χ0n) is 22.7. The topological polar surface area (TPSA) is 146 Å². The Hall–Kier alpha value is -5.28. The Bertz CT molecular complexity index is 1890. The number of hydrogen-bond donors (Lipinski definition) is 3. The number of rotatable bonds is 7. The monoisotopic (exact) mass is 565 g/mol. The van der Waals surface area contributed by atoms with Crippen LogP contribution in [0.1, 0.15) is 44.7 Å². The second-order valence-electron chi connectivity index (χ2n) is 9.12. The minimum Gasteiger partial charge on any atom is -0.381 e. The van der Waals surface area contributed by atoms with Crippen molar-refractivity contribution < 1.29 is 4.79 Å². The summed E-state index contributed by atoms with van der Waals surface area (Å²) in [7, 11) is 1.69. The van der Waals surface area contributed by atoms with E-state index < -0.39 is 11.9 Å². The number of amides is 1. The van der Waals surface area contributed by atoms with Gasteiger partial charge in [-0.15, -0.1) is 16.8 Å². The molecule has 1 atom stereocenters. The molecule has 1 unspecified atom stereocenters. The van der Waals surface area contributed by atoms with Crippen molar-refractivity contribution in [2.45, 2.75) is 19.9 Å². The molecule has 4 N–H and O–H groups in total. The van der Waals surface area contributed by atoms with Gasteiger partial charge in [0.25, 0.3) is 11.5 Å². The maximum absolute atomic E-state index is 14.1. The third-order valence-electron chi connectivity index (χ3n) is 6.22. The van der Waals surface area contributed by atoms with Crippen LogP contribution >= 0.6 is 11.3 Å². The van der Waals surface area contributed by atoms with Crippen LogP contribution in [0.3, 0.4) is 0 Å². The molecule has 41 heavy (non-hydrogen) atoms. The predicted octanol–water partition coefficient (Wildman–Crippen LogP) is 3.35. The molecule has 0 aliphatic carbocycles. The molecule has 206 valence electrons. The number of anilines is 2. The van der Waals surface area contributed by atoms with Gasteiger partial charge in [0, 0.05) is 19.2 Å². The second kappa shape index (κ2) is 11.4. The summed E-state index contributed by atoms with van der Waals surface area (Å²) >= 11 is 1.38. The van der Waals surface area contributed by atoms with Gasteiger partial charge in [0.1, 0.15) is 22.2 Å². The molecule has 0 aliphatic heterocycles. The number of nitrogens with zero attached hydrogens (tertiary/aromatic N) is 6. The third-order valence-corrected chi connectivity index (χ3v) is 6.97.